The maximum atomic E-state index is 13.0. The van der Waals surface area contributed by atoms with E-state index in [2.05, 4.69) is 14.4 Å². The van der Waals surface area contributed by atoms with Gasteiger partial charge in [-0.05, 0) is 11.6 Å². The molecule has 8 heteroatoms. The zero-order valence-corrected chi connectivity index (χ0v) is 21.6. The van der Waals surface area contributed by atoms with Crippen molar-refractivity contribution in [3.63, 3.8) is 0 Å². The third-order valence-corrected chi connectivity index (χ3v) is 5.93. The van der Waals surface area contributed by atoms with Gasteiger partial charge in [0.1, 0.15) is 0 Å². The summed E-state index contributed by atoms with van der Waals surface area (Å²) in [7, 11) is 4.52. The number of hydrogen-bond acceptors (Lipinski definition) is 3. The number of rotatable bonds is 8. The number of benzene rings is 3. The molecule has 3 aromatic carbocycles. The Labute approximate surface area is 206 Å². The Morgan fingerprint density at radius 1 is 0.875 bits per heavy atom. The minimum atomic E-state index is -3.81. The molecule has 2 unspecified atom stereocenters. The average Bonchev–Trinajstić information content (AvgIpc) is 2.79. The summed E-state index contributed by atoms with van der Waals surface area (Å²) in [5.74, 6) is -0.202. The molecular formula is C24H28ClN3O2RuS. The number of nitrogens with zero attached hydrogens (tertiary/aromatic N) is 2. The molecular weight excluding hydrogens is 531 g/mol. The summed E-state index contributed by atoms with van der Waals surface area (Å²) in [6.07, 6.45) is 0. The van der Waals surface area contributed by atoms with Crippen molar-refractivity contribution in [3.05, 3.63) is 120 Å². The summed E-state index contributed by atoms with van der Waals surface area (Å²) >= 11 is 1.82. The molecule has 0 saturated carbocycles. The van der Waals surface area contributed by atoms with Gasteiger partial charge in [0, 0.05) is 19.8 Å². The number of sulfonamides is 1. The van der Waals surface area contributed by atoms with Crippen molar-refractivity contribution in [1.82, 2.24) is 0 Å². The van der Waals surface area contributed by atoms with Gasteiger partial charge in [0.05, 0.1) is 15.8 Å². The topological polar surface area (TPSA) is 75.3 Å². The molecule has 0 aliphatic rings. The van der Waals surface area contributed by atoms with E-state index in [9.17, 15) is 8.42 Å². The first-order valence-corrected chi connectivity index (χ1v) is 13.4. The molecule has 3 aromatic rings. The van der Waals surface area contributed by atoms with E-state index in [1.165, 1.54) is 0 Å². The third-order valence-electron chi connectivity index (χ3n) is 4.70. The zero-order chi connectivity index (χ0) is 22.9. The van der Waals surface area contributed by atoms with Crippen LogP contribution in [0.5, 0.6) is 0 Å². The van der Waals surface area contributed by atoms with Gasteiger partial charge in [0.25, 0.3) is 0 Å². The Hall–Kier alpha value is -1.76. The molecule has 2 atom stereocenters. The van der Waals surface area contributed by atoms with E-state index in [-0.39, 0.29) is 13.2 Å². The second-order valence-corrected chi connectivity index (χ2v) is 8.76. The third kappa shape index (κ3) is 7.98. The van der Waals surface area contributed by atoms with Crippen molar-refractivity contribution in [2.75, 3.05) is 19.0 Å². The first-order chi connectivity index (χ1) is 14.9. The molecule has 0 fully saturated rings. The fraction of sp³-hybridized carbons (Fsp3) is 0.208. The normalized spacial score (nSPS) is 12.5. The first-order valence-electron chi connectivity index (χ1n) is 9.52. The molecule has 0 spiro atoms. The summed E-state index contributed by atoms with van der Waals surface area (Å²) in [5, 5.41) is 0. The van der Waals surface area contributed by atoms with Crippen molar-refractivity contribution in [1.29, 1.82) is 0 Å². The molecule has 0 aliphatic heterocycles. The van der Waals surface area contributed by atoms with Crippen LogP contribution in [-0.4, -0.2) is 22.5 Å². The van der Waals surface area contributed by atoms with E-state index in [1.54, 1.807) is 6.07 Å². The van der Waals surface area contributed by atoms with Crippen molar-refractivity contribution in [2.45, 2.75) is 17.8 Å². The van der Waals surface area contributed by atoms with Gasteiger partial charge in [-0.1, -0.05) is 90.0 Å². The summed E-state index contributed by atoms with van der Waals surface area (Å²) < 4.78 is 30.3. The summed E-state index contributed by atoms with van der Waals surface area (Å²) in [6.45, 7) is 0. The summed E-state index contributed by atoms with van der Waals surface area (Å²) in [5.41, 5.74) is 11.7. The van der Waals surface area contributed by atoms with Crippen LogP contribution in [0.15, 0.2) is 84.9 Å². The van der Waals surface area contributed by atoms with E-state index in [1.807, 2.05) is 115 Å². The first kappa shape index (κ1) is 28.3. The van der Waals surface area contributed by atoms with Crippen LogP contribution >= 0.6 is 9.69 Å². The van der Waals surface area contributed by atoms with Crippen molar-refractivity contribution >= 4 is 25.4 Å². The fourth-order valence-electron chi connectivity index (χ4n) is 3.28. The van der Waals surface area contributed by atoms with Crippen LogP contribution in [0.3, 0.4) is 0 Å². The Balaban J connectivity index is 0.00000166. The number of nitrogens with one attached hydrogen (secondary N) is 1. The van der Waals surface area contributed by atoms with Crippen molar-refractivity contribution in [3.8, 4) is 0 Å². The minimum absolute atomic E-state index is 0. The predicted molar refractivity (Wildman–Crippen MR) is 132 cm³/mol. The molecule has 172 valence electrons. The summed E-state index contributed by atoms with van der Waals surface area (Å²) in [6, 6.07) is 24.2. The van der Waals surface area contributed by atoms with Gasteiger partial charge in [0.15, 0.2) is 0 Å². The van der Waals surface area contributed by atoms with Gasteiger partial charge in [-0.2, -0.15) is 0 Å². The molecule has 0 amide bonds. The second-order valence-electron chi connectivity index (χ2n) is 7.10. The molecule has 0 aliphatic carbocycles. The van der Waals surface area contributed by atoms with Crippen LogP contribution in [-0.2, 0) is 33.1 Å². The molecule has 0 radical (unpaired) electrons. The van der Waals surface area contributed by atoms with Gasteiger partial charge in [-0.15, -0.1) is 12.1 Å². The maximum absolute atomic E-state index is 13.0. The molecule has 1 N–H and O–H groups in total. The van der Waals surface area contributed by atoms with E-state index in [0.29, 0.717) is 11.1 Å². The SMILES string of the molecule is CN(C)c1ccccc1CS(=O)(=O)[N-]C(c1ccccc1)C([NH-])c1ccccc1.[CH3-].[Cl][Ru+3]. The van der Waals surface area contributed by atoms with Gasteiger partial charge >= 0.3 is 27.0 Å². The molecule has 3 rings (SSSR count). The Kier molecular flexibility index (Phi) is 12.1. The summed E-state index contributed by atoms with van der Waals surface area (Å²) in [4.78, 5) is 1.89. The van der Waals surface area contributed by atoms with Crippen molar-refractivity contribution < 1.29 is 25.7 Å². The van der Waals surface area contributed by atoms with Crippen LogP contribution in [0, 0.1) is 7.43 Å². The number of para-hydroxylation sites is 1. The predicted octanol–water partition coefficient (Wildman–Crippen LogP) is 6.63. The van der Waals surface area contributed by atoms with Gasteiger partial charge in [-0.25, -0.2) is 8.42 Å². The van der Waals surface area contributed by atoms with E-state index < -0.39 is 22.1 Å². The van der Waals surface area contributed by atoms with E-state index >= 15 is 0 Å². The number of halogens is 1. The molecule has 5 nitrogen and oxygen atoms in total. The Morgan fingerprint density at radius 2 is 1.34 bits per heavy atom. The molecule has 0 bridgehead atoms. The number of anilines is 1. The van der Waals surface area contributed by atoms with Crippen LogP contribution in [0.4, 0.5) is 5.69 Å². The zero-order valence-electron chi connectivity index (χ0n) is 18.3. The monoisotopic (exact) mass is 559 g/mol. The average molecular weight is 559 g/mol. The molecule has 32 heavy (non-hydrogen) atoms. The van der Waals surface area contributed by atoms with Crippen molar-refractivity contribution in [2.24, 2.45) is 0 Å². The standard InChI is InChI=1S/C23H25N3O2S.CH3.ClH.Ru/c1-26(2)21-16-10-9-15-20(21)17-29(27,28)25-23(19-13-7-4-8-14-19)22(24)18-11-5-3-6-12-18;;;/h3-16,22-24H,17H2,1-2H3;1H3;1H;/q-2;-1;;+4/p-1. The molecule has 0 saturated heterocycles. The number of hydrogen-bond donors (Lipinski definition) is 0. The van der Waals surface area contributed by atoms with E-state index in [4.69, 9.17) is 5.73 Å². The van der Waals surface area contributed by atoms with Crippen LogP contribution in [0.1, 0.15) is 28.8 Å². The fourth-order valence-corrected chi connectivity index (χ4v) is 4.58. The molecule has 0 heterocycles. The van der Waals surface area contributed by atoms with Gasteiger partial charge < -0.3 is 22.8 Å². The quantitative estimate of drug-likeness (QED) is 0.230. The van der Waals surface area contributed by atoms with Crippen LogP contribution in [0.2, 0.25) is 0 Å². The van der Waals surface area contributed by atoms with Gasteiger partial charge in [-0.3, -0.25) is 0 Å². The Morgan fingerprint density at radius 3 is 1.88 bits per heavy atom. The molecule has 0 aromatic heterocycles. The van der Waals surface area contributed by atoms with Crippen LogP contribution in [0.25, 0.3) is 10.5 Å². The van der Waals surface area contributed by atoms with E-state index in [0.717, 1.165) is 11.3 Å². The Bertz CT molecular complexity index is 1040. The second kappa shape index (κ2) is 13.7. The van der Waals surface area contributed by atoms with Crippen LogP contribution < -0.4 is 4.90 Å². The van der Waals surface area contributed by atoms with Gasteiger partial charge in [0.2, 0.25) is 0 Å².